The molecule has 2 atom stereocenters. The molecule has 0 saturated carbocycles. The van der Waals surface area contributed by atoms with Gasteiger partial charge >= 0.3 is 0 Å². The Labute approximate surface area is 129 Å². The molecule has 0 aromatic carbocycles. The lowest BCUT2D eigenvalue weighted by atomic mass is 10.2. The fourth-order valence-electron chi connectivity index (χ4n) is 2.05. The molecular weight excluding hydrogens is 284 g/mol. The maximum atomic E-state index is 12.1. The van der Waals surface area contributed by atoms with Gasteiger partial charge in [0.1, 0.15) is 0 Å². The van der Waals surface area contributed by atoms with Crippen LogP contribution in [0.1, 0.15) is 25.5 Å². The van der Waals surface area contributed by atoms with Crippen molar-refractivity contribution in [1.29, 1.82) is 0 Å². The fraction of sp³-hybridized carbons (Fsp3) is 0.467. The molecular formula is C15H22N4OS. The molecule has 114 valence electrons. The number of nitrogens with zero attached hydrogens (tertiary/aromatic N) is 3. The van der Waals surface area contributed by atoms with Crippen LogP contribution in [0.3, 0.4) is 0 Å². The number of aromatic nitrogens is 2. The summed E-state index contributed by atoms with van der Waals surface area (Å²) in [7, 11) is 1.84. The Balaban J connectivity index is 1.77. The van der Waals surface area contributed by atoms with Gasteiger partial charge < -0.3 is 10.2 Å². The maximum Gasteiger partial charge on any atom is 0.236 e. The molecule has 0 saturated heterocycles. The number of hydrogen-bond acceptors (Lipinski definition) is 4. The molecule has 21 heavy (non-hydrogen) atoms. The van der Waals surface area contributed by atoms with E-state index in [2.05, 4.69) is 29.6 Å². The Kier molecular flexibility index (Phi) is 5.52. The van der Waals surface area contributed by atoms with Crippen LogP contribution in [0.2, 0.25) is 0 Å². The van der Waals surface area contributed by atoms with E-state index in [1.165, 1.54) is 5.56 Å². The van der Waals surface area contributed by atoms with Crippen molar-refractivity contribution in [2.45, 2.75) is 32.5 Å². The molecule has 0 aliphatic heterocycles. The smallest absolute Gasteiger partial charge is 0.236 e. The third-order valence-corrected chi connectivity index (χ3v) is 4.40. The standard InChI is InChI=1S/C15H22N4OS/c1-12(13(2)19-7-4-6-17-19)16-9-15(20)18(3)10-14-5-8-21-11-14/h4-8,11-13,16H,9-10H2,1-3H3/t12-,13+/m1/s1. The van der Waals surface area contributed by atoms with Gasteiger partial charge in [-0.3, -0.25) is 9.48 Å². The minimum absolute atomic E-state index is 0.0979. The van der Waals surface area contributed by atoms with E-state index in [1.807, 2.05) is 35.4 Å². The summed E-state index contributed by atoms with van der Waals surface area (Å²) in [6.07, 6.45) is 3.70. The summed E-state index contributed by atoms with van der Waals surface area (Å²) in [5.41, 5.74) is 1.17. The normalized spacial score (nSPS) is 13.9. The van der Waals surface area contributed by atoms with Gasteiger partial charge in [-0.25, -0.2) is 0 Å². The number of hydrogen-bond donors (Lipinski definition) is 1. The fourth-order valence-corrected chi connectivity index (χ4v) is 2.71. The highest BCUT2D eigenvalue weighted by Gasteiger charge is 2.16. The Hall–Kier alpha value is -1.66. The van der Waals surface area contributed by atoms with Crippen molar-refractivity contribution in [1.82, 2.24) is 20.0 Å². The average Bonchev–Trinajstić information content (AvgIpc) is 3.16. The van der Waals surface area contributed by atoms with Crippen LogP contribution in [0.4, 0.5) is 0 Å². The first-order chi connectivity index (χ1) is 10.1. The monoisotopic (exact) mass is 306 g/mol. The van der Waals surface area contributed by atoms with Crippen LogP contribution in [0, 0.1) is 0 Å². The lowest BCUT2D eigenvalue weighted by Crippen LogP contribution is -2.41. The Morgan fingerprint density at radius 1 is 1.52 bits per heavy atom. The van der Waals surface area contributed by atoms with Crippen molar-refractivity contribution in [2.75, 3.05) is 13.6 Å². The Morgan fingerprint density at radius 3 is 2.95 bits per heavy atom. The molecule has 1 amide bonds. The molecule has 0 fully saturated rings. The molecule has 0 aliphatic rings. The maximum absolute atomic E-state index is 12.1. The van der Waals surface area contributed by atoms with Crippen molar-refractivity contribution in [2.24, 2.45) is 0 Å². The molecule has 1 N–H and O–H groups in total. The van der Waals surface area contributed by atoms with Gasteiger partial charge in [0.05, 0.1) is 12.6 Å². The summed E-state index contributed by atoms with van der Waals surface area (Å²) >= 11 is 1.65. The predicted molar refractivity (Wildman–Crippen MR) is 85.2 cm³/mol. The van der Waals surface area contributed by atoms with Crippen molar-refractivity contribution in [3.63, 3.8) is 0 Å². The minimum Gasteiger partial charge on any atom is -0.340 e. The van der Waals surface area contributed by atoms with E-state index in [1.54, 1.807) is 22.4 Å². The van der Waals surface area contributed by atoms with Crippen LogP contribution < -0.4 is 5.32 Å². The van der Waals surface area contributed by atoms with Crippen LogP contribution in [-0.2, 0) is 11.3 Å². The molecule has 5 nitrogen and oxygen atoms in total. The first-order valence-electron chi connectivity index (χ1n) is 7.05. The number of carbonyl (C=O) groups is 1. The van der Waals surface area contributed by atoms with E-state index in [0.29, 0.717) is 13.1 Å². The van der Waals surface area contributed by atoms with Gasteiger partial charge in [0.25, 0.3) is 0 Å². The molecule has 0 radical (unpaired) electrons. The van der Waals surface area contributed by atoms with Crippen molar-refractivity contribution < 1.29 is 4.79 Å². The summed E-state index contributed by atoms with van der Waals surface area (Å²) in [6.45, 7) is 5.16. The van der Waals surface area contributed by atoms with E-state index in [4.69, 9.17) is 0 Å². The second kappa shape index (κ2) is 7.38. The first-order valence-corrected chi connectivity index (χ1v) is 7.99. The Morgan fingerprint density at radius 2 is 2.33 bits per heavy atom. The van der Waals surface area contributed by atoms with Gasteiger partial charge in [-0.2, -0.15) is 16.4 Å². The molecule has 0 spiro atoms. The number of likely N-dealkylation sites (N-methyl/N-ethyl adjacent to an activating group) is 1. The van der Waals surface area contributed by atoms with Crippen molar-refractivity contribution in [3.8, 4) is 0 Å². The number of carbonyl (C=O) groups excluding carboxylic acids is 1. The topological polar surface area (TPSA) is 50.2 Å². The van der Waals surface area contributed by atoms with Crippen LogP contribution in [-0.4, -0.2) is 40.2 Å². The number of nitrogens with one attached hydrogen (secondary N) is 1. The predicted octanol–water partition coefficient (Wildman–Crippen LogP) is 2.14. The number of amides is 1. The van der Waals surface area contributed by atoms with E-state index in [-0.39, 0.29) is 18.0 Å². The highest BCUT2D eigenvalue weighted by atomic mass is 32.1. The molecule has 0 bridgehead atoms. The average molecular weight is 306 g/mol. The summed E-state index contributed by atoms with van der Waals surface area (Å²) < 4.78 is 1.90. The first kappa shape index (κ1) is 15.7. The molecule has 2 rings (SSSR count). The summed E-state index contributed by atoms with van der Waals surface area (Å²) in [5.74, 6) is 0.0979. The van der Waals surface area contributed by atoms with Crippen LogP contribution in [0.25, 0.3) is 0 Å². The van der Waals surface area contributed by atoms with Crippen molar-refractivity contribution >= 4 is 17.2 Å². The molecule has 0 unspecified atom stereocenters. The number of thiophene rings is 1. The summed E-state index contributed by atoms with van der Waals surface area (Å²) in [6, 6.07) is 4.33. The van der Waals surface area contributed by atoms with Crippen LogP contribution in [0.15, 0.2) is 35.3 Å². The zero-order valence-electron chi connectivity index (χ0n) is 12.7. The van der Waals surface area contributed by atoms with E-state index < -0.39 is 0 Å². The van der Waals surface area contributed by atoms with E-state index in [9.17, 15) is 4.79 Å². The molecule has 2 heterocycles. The largest absolute Gasteiger partial charge is 0.340 e. The van der Waals surface area contributed by atoms with Gasteiger partial charge in [0.2, 0.25) is 5.91 Å². The SMILES string of the molecule is C[C@@H](NCC(=O)N(C)Cc1ccsc1)[C@H](C)n1cccn1. The molecule has 0 aliphatic carbocycles. The van der Waals surface area contributed by atoms with Gasteiger partial charge in [-0.1, -0.05) is 0 Å². The van der Waals surface area contributed by atoms with Gasteiger partial charge in [0, 0.05) is 32.0 Å². The Bertz CT molecular complexity index is 538. The molecule has 2 aromatic rings. The van der Waals surface area contributed by atoms with Crippen LogP contribution in [0.5, 0.6) is 0 Å². The minimum atomic E-state index is 0.0979. The third kappa shape index (κ3) is 4.41. The van der Waals surface area contributed by atoms with Gasteiger partial charge in [0.15, 0.2) is 0 Å². The lowest BCUT2D eigenvalue weighted by Gasteiger charge is -2.23. The zero-order chi connectivity index (χ0) is 15.2. The van der Waals surface area contributed by atoms with Gasteiger partial charge in [-0.05, 0) is 42.3 Å². The lowest BCUT2D eigenvalue weighted by molar-refractivity contribution is -0.129. The number of rotatable bonds is 7. The highest BCUT2D eigenvalue weighted by Crippen LogP contribution is 2.10. The summed E-state index contributed by atoms with van der Waals surface area (Å²) in [4.78, 5) is 13.9. The third-order valence-electron chi connectivity index (χ3n) is 3.67. The molecule has 2 aromatic heterocycles. The van der Waals surface area contributed by atoms with Gasteiger partial charge in [-0.15, -0.1) is 0 Å². The zero-order valence-corrected chi connectivity index (χ0v) is 13.5. The van der Waals surface area contributed by atoms with Crippen molar-refractivity contribution in [3.05, 3.63) is 40.8 Å². The van der Waals surface area contributed by atoms with Crippen LogP contribution >= 0.6 is 11.3 Å². The molecule has 6 heteroatoms. The van der Waals surface area contributed by atoms with E-state index >= 15 is 0 Å². The quantitative estimate of drug-likeness (QED) is 0.852. The second-order valence-corrected chi connectivity index (χ2v) is 6.06. The highest BCUT2D eigenvalue weighted by molar-refractivity contribution is 7.07. The van der Waals surface area contributed by atoms with E-state index in [0.717, 1.165) is 0 Å². The second-order valence-electron chi connectivity index (χ2n) is 5.28. The summed E-state index contributed by atoms with van der Waals surface area (Å²) in [5, 5.41) is 11.6.